The zero-order valence-corrected chi connectivity index (χ0v) is 7.99. The molecule has 1 rings (SSSR count). The lowest BCUT2D eigenvalue weighted by molar-refractivity contribution is 0.174. The second kappa shape index (κ2) is 4.11. The fraction of sp³-hybridized carbons (Fsp3) is 0.500. The summed E-state index contributed by atoms with van der Waals surface area (Å²) in [6.07, 6.45) is 5.73. The van der Waals surface area contributed by atoms with Crippen LogP contribution in [0.5, 0.6) is 0 Å². The molecular weight excluding hydrogens is 164 g/mol. The summed E-state index contributed by atoms with van der Waals surface area (Å²) in [5, 5.41) is 13.8. The van der Waals surface area contributed by atoms with Crippen molar-refractivity contribution < 1.29 is 5.11 Å². The third-order valence-electron chi connectivity index (χ3n) is 1.98. The van der Waals surface area contributed by atoms with E-state index in [1.807, 2.05) is 20.0 Å². The van der Waals surface area contributed by atoms with Crippen molar-refractivity contribution in [3.05, 3.63) is 17.5 Å². The van der Waals surface area contributed by atoms with Gasteiger partial charge in [0, 0.05) is 13.5 Å². The highest BCUT2D eigenvalue weighted by Crippen LogP contribution is 2.16. The van der Waals surface area contributed by atoms with E-state index in [-0.39, 0.29) is 0 Å². The van der Waals surface area contributed by atoms with E-state index in [0.29, 0.717) is 6.42 Å². The van der Waals surface area contributed by atoms with Crippen LogP contribution < -0.4 is 0 Å². The Balaban J connectivity index is 2.88. The molecule has 0 aromatic carbocycles. The minimum Gasteiger partial charge on any atom is -0.386 e. The number of rotatable bonds is 3. The van der Waals surface area contributed by atoms with Gasteiger partial charge in [0.05, 0.1) is 11.4 Å². The smallest absolute Gasteiger partial charge is 0.106 e. The van der Waals surface area contributed by atoms with Crippen LogP contribution in [0.3, 0.4) is 0 Å². The summed E-state index contributed by atoms with van der Waals surface area (Å²) in [7, 11) is 1.81. The Bertz CT molecular complexity index is 322. The zero-order valence-electron chi connectivity index (χ0n) is 7.99. The molecule has 1 unspecified atom stereocenters. The average Bonchev–Trinajstić information content (AvgIpc) is 2.47. The fourth-order valence-corrected chi connectivity index (χ4v) is 1.24. The van der Waals surface area contributed by atoms with E-state index in [1.54, 1.807) is 4.68 Å². The molecule has 3 nitrogen and oxygen atoms in total. The molecule has 0 spiro atoms. The summed E-state index contributed by atoms with van der Waals surface area (Å²) in [6.45, 7) is 2.03. The number of aliphatic hydroxyl groups excluding tert-OH is 1. The van der Waals surface area contributed by atoms with E-state index in [9.17, 15) is 5.11 Å². The summed E-state index contributed by atoms with van der Waals surface area (Å²) in [6, 6.07) is 1.89. The van der Waals surface area contributed by atoms with Gasteiger partial charge >= 0.3 is 0 Å². The lowest BCUT2D eigenvalue weighted by Crippen LogP contribution is -2.04. The quantitative estimate of drug-likeness (QED) is 0.702. The van der Waals surface area contributed by atoms with E-state index in [2.05, 4.69) is 11.0 Å². The van der Waals surface area contributed by atoms with Crippen LogP contribution >= 0.6 is 0 Å². The molecule has 0 saturated carbocycles. The maximum absolute atomic E-state index is 9.61. The van der Waals surface area contributed by atoms with Crippen LogP contribution in [0.2, 0.25) is 0 Å². The molecule has 1 atom stereocenters. The summed E-state index contributed by atoms with van der Waals surface area (Å²) in [5.41, 5.74) is 1.77. The predicted octanol–water partition coefficient (Wildman–Crippen LogP) is 1.04. The highest BCUT2D eigenvalue weighted by atomic mass is 16.3. The number of aromatic nitrogens is 2. The number of hydrogen-bond acceptors (Lipinski definition) is 2. The van der Waals surface area contributed by atoms with E-state index in [1.165, 1.54) is 0 Å². The van der Waals surface area contributed by atoms with Gasteiger partial charge in [-0.3, -0.25) is 4.68 Å². The minimum atomic E-state index is -0.595. The number of aryl methyl sites for hydroxylation is 2. The maximum atomic E-state index is 9.61. The molecule has 0 aliphatic carbocycles. The van der Waals surface area contributed by atoms with Crippen molar-refractivity contribution in [2.75, 3.05) is 0 Å². The monoisotopic (exact) mass is 178 g/mol. The first kappa shape index (κ1) is 9.82. The van der Waals surface area contributed by atoms with Gasteiger partial charge in [-0.1, -0.05) is 6.92 Å². The molecule has 3 heteroatoms. The van der Waals surface area contributed by atoms with Crippen LogP contribution in [0.15, 0.2) is 6.07 Å². The Hall–Kier alpha value is -1.27. The van der Waals surface area contributed by atoms with E-state index < -0.39 is 6.10 Å². The van der Waals surface area contributed by atoms with Crippen LogP contribution in [0, 0.1) is 12.3 Å². The second-order valence-electron chi connectivity index (χ2n) is 2.96. The number of nitrogens with zero attached hydrogens (tertiary/aromatic N) is 2. The van der Waals surface area contributed by atoms with Crippen LogP contribution in [0.25, 0.3) is 0 Å². The zero-order chi connectivity index (χ0) is 9.84. The van der Waals surface area contributed by atoms with Gasteiger partial charge in [-0.25, -0.2) is 0 Å². The average molecular weight is 178 g/mol. The minimum absolute atomic E-state index is 0.336. The van der Waals surface area contributed by atoms with Gasteiger partial charge in [0.25, 0.3) is 0 Å². The van der Waals surface area contributed by atoms with Crippen molar-refractivity contribution >= 4 is 0 Å². The lowest BCUT2D eigenvalue weighted by atomic mass is 10.2. The van der Waals surface area contributed by atoms with Gasteiger partial charge in [0.2, 0.25) is 0 Å². The van der Waals surface area contributed by atoms with Crippen molar-refractivity contribution in [1.29, 1.82) is 0 Å². The molecule has 0 aliphatic heterocycles. The second-order valence-corrected chi connectivity index (χ2v) is 2.96. The first-order chi connectivity index (χ1) is 6.19. The molecule has 0 radical (unpaired) electrons. The number of terminal acetylenes is 1. The van der Waals surface area contributed by atoms with Gasteiger partial charge in [0.15, 0.2) is 0 Å². The van der Waals surface area contributed by atoms with Crippen molar-refractivity contribution in [3.8, 4) is 12.3 Å². The van der Waals surface area contributed by atoms with Gasteiger partial charge in [-0.15, -0.1) is 12.3 Å². The molecule has 1 aromatic rings. The highest BCUT2D eigenvalue weighted by Gasteiger charge is 2.11. The predicted molar refractivity (Wildman–Crippen MR) is 51.0 cm³/mol. The normalized spacial score (nSPS) is 12.5. The van der Waals surface area contributed by atoms with E-state index in [0.717, 1.165) is 17.8 Å². The largest absolute Gasteiger partial charge is 0.386 e. The summed E-state index contributed by atoms with van der Waals surface area (Å²) >= 11 is 0. The summed E-state index contributed by atoms with van der Waals surface area (Å²) < 4.78 is 1.68. The Morgan fingerprint density at radius 3 is 2.92 bits per heavy atom. The van der Waals surface area contributed by atoms with E-state index >= 15 is 0 Å². The van der Waals surface area contributed by atoms with E-state index in [4.69, 9.17) is 6.42 Å². The topological polar surface area (TPSA) is 38.1 Å². The molecule has 0 fully saturated rings. The summed E-state index contributed by atoms with van der Waals surface area (Å²) in [5.74, 6) is 2.43. The van der Waals surface area contributed by atoms with Crippen molar-refractivity contribution in [1.82, 2.24) is 9.78 Å². The first-order valence-corrected chi connectivity index (χ1v) is 4.33. The molecule has 70 valence electrons. The molecule has 0 aliphatic rings. The molecule has 1 aromatic heterocycles. The number of aliphatic hydroxyl groups is 1. The standard InChI is InChI=1S/C10H14N2O/c1-4-6-10(13)9-7-8(5-2)11-12(9)3/h1,7,10,13H,5-6H2,2-3H3. The molecule has 13 heavy (non-hydrogen) atoms. The fourth-order valence-electron chi connectivity index (χ4n) is 1.24. The Morgan fingerprint density at radius 1 is 1.77 bits per heavy atom. The Morgan fingerprint density at radius 2 is 2.46 bits per heavy atom. The van der Waals surface area contributed by atoms with Crippen LogP contribution in [0.1, 0.15) is 30.8 Å². The van der Waals surface area contributed by atoms with Crippen LogP contribution in [-0.2, 0) is 13.5 Å². The molecule has 1 N–H and O–H groups in total. The highest BCUT2D eigenvalue weighted by molar-refractivity contribution is 5.14. The van der Waals surface area contributed by atoms with Crippen molar-refractivity contribution in [2.24, 2.45) is 7.05 Å². The van der Waals surface area contributed by atoms with Gasteiger partial charge in [-0.2, -0.15) is 5.10 Å². The van der Waals surface area contributed by atoms with Gasteiger partial charge in [-0.05, 0) is 12.5 Å². The molecule has 0 bridgehead atoms. The van der Waals surface area contributed by atoms with Crippen LogP contribution in [0.4, 0.5) is 0 Å². The van der Waals surface area contributed by atoms with Crippen molar-refractivity contribution in [2.45, 2.75) is 25.9 Å². The third kappa shape index (κ3) is 2.10. The maximum Gasteiger partial charge on any atom is 0.106 e. The lowest BCUT2D eigenvalue weighted by Gasteiger charge is -2.05. The first-order valence-electron chi connectivity index (χ1n) is 4.33. The van der Waals surface area contributed by atoms with Gasteiger partial charge < -0.3 is 5.11 Å². The Labute approximate surface area is 78.4 Å². The van der Waals surface area contributed by atoms with Gasteiger partial charge in [0.1, 0.15) is 6.10 Å². The Kier molecular flexibility index (Phi) is 3.10. The van der Waals surface area contributed by atoms with Crippen molar-refractivity contribution in [3.63, 3.8) is 0 Å². The number of hydrogen-bond donors (Lipinski definition) is 1. The molecular formula is C10H14N2O. The molecule has 1 heterocycles. The third-order valence-corrected chi connectivity index (χ3v) is 1.98. The summed E-state index contributed by atoms with van der Waals surface area (Å²) in [4.78, 5) is 0. The SMILES string of the molecule is C#CCC(O)c1cc(CC)nn1C. The molecule has 0 saturated heterocycles. The van der Waals surface area contributed by atoms with Crippen LogP contribution in [-0.4, -0.2) is 14.9 Å². The molecule has 0 amide bonds.